The lowest BCUT2D eigenvalue weighted by atomic mass is 9.91. The van der Waals surface area contributed by atoms with E-state index in [1.54, 1.807) is 0 Å². The minimum absolute atomic E-state index is 0.124. The summed E-state index contributed by atoms with van der Waals surface area (Å²) in [5.74, 6) is 0.448. The Kier molecular flexibility index (Phi) is 3.42. The number of aliphatic hydroxyl groups excluding tert-OH is 2. The van der Waals surface area contributed by atoms with Crippen molar-refractivity contribution in [1.82, 2.24) is 4.90 Å². The van der Waals surface area contributed by atoms with Crippen LogP contribution in [0.2, 0.25) is 0 Å². The normalized spacial score (nSPS) is 40.3. The van der Waals surface area contributed by atoms with E-state index in [0.29, 0.717) is 18.6 Å². The molecular formula is C11H21NO2. The molecule has 2 aliphatic rings. The van der Waals surface area contributed by atoms with Crippen LogP contribution in [0.1, 0.15) is 32.1 Å². The molecule has 1 saturated heterocycles. The van der Waals surface area contributed by atoms with Gasteiger partial charge in [-0.1, -0.05) is 12.8 Å². The maximum Gasteiger partial charge on any atom is 0.0695 e. The zero-order valence-corrected chi connectivity index (χ0v) is 8.73. The van der Waals surface area contributed by atoms with Crippen LogP contribution in [0.4, 0.5) is 0 Å². The highest BCUT2D eigenvalue weighted by molar-refractivity contribution is 4.87. The molecule has 2 rings (SSSR count). The van der Waals surface area contributed by atoms with Gasteiger partial charge in [-0.3, -0.25) is 4.90 Å². The summed E-state index contributed by atoms with van der Waals surface area (Å²) in [4.78, 5) is 2.38. The maximum atomic E-state index is 9.88. The van der Waals surface area contributed by atoms with Crippen LogP contribution in [0.25, 0.3) is 0 Å². The first kappa shape index (κ1) is 10.4. The fraction of sp³-hybridized carbons (Fsp3) is 1.00. The first-order chi connectivity index (χ1) is 6.81. The number of likely N-dealkylation sites (tertiary alicyclic amines) is 1. The summed E-state index contributed by atoms with van der Waals surface area (Å²) in [6.45, 7) is 2.35. The van der Waals surface area contributed by atoms with Crippen molar-refractivity contribution in [2.24, 2.45) is 5.92 Å². The lowest BCUT2D eigenvalue weighted by molar-refractivity contribution is 0.0281. The van der Waals surface area contributed by atoms with E-state index in [1.807, 2.05) is 0 Å². The van der Waals surface area contributed by atoms with Crippen LogP contribution in [-0.4, -0.2) is 47.0 Å². The zero-order chi connectivity index (χ0) is 9.97. The molecule has 0 amide bonds. The van der Waals surface area contributed by atoms with Crippen molar-refractivity contribution in [3.05, 3.63) is 0 Å². The molecule has 1 aliphatic heterocycles. The highest BCUT2D eigenvalue weighted by Crippen LogP contribution is 2.27. The van der Waals surface area contributed by atoms with Crippen molar-refractivity contribution < 1.29 is 10.2 Å². The highest BCUT2D eigenvalue weighted by Gasteiger charge is 2.33. The summed E-state index contributed by atoms with van der Waals surface area (Å²) in [7, 11) is 0. The van der Waals surface area contributed by atoms with Crippen molar-refractivity contribution in [1.29, 1.82) is 0 Å². The van der Waals surface area contributed by atoms with Gasteiger partial charge >= 0.3 is 0 Å². The van der Waals surface area contributed by atoms with Gasteiger partial charge in [0, 0.05) is 19.2 Å². The van der Waals surface area contributed by atoms with Gasteiger partial charge in [0.25, 0.3) is 0 Å². The van der Waals surface area contributed by atoms with Gasteiger partial charge in [-0.2, -0.15) is 0 Å². The molecule has 1 heterocycles. The lowest BCUT2D eigenvalue weighted by Gasteiger charge is -2.35. The highest BCUT2D eigenvalue weighted by atomic mass is 16.3. The molecule has 3 heteroatoms. The second-order valence-corrected chi connectivity index (χ2v) is 4.75. The van der Waals surface area contributed by atoms with Crippen LogP contribution in [0, 0.1) is 5.92 Å². The van der Waals surface area contributed by atoms with E-state index in [0.717, 1.165) is 32.4 Å². The Morgan fingerprint density at radius 3 is 2.57 bits per heavy atom. The van der Waals surface area contributed by atoms with E-state index in [4.69, 9.17) is 5.11 Å². The van der Waals surface area contributed by atoms with E-state index < -0.39 is 0 Å². The summed E-state index contributed by atoms with van der Waals surface area (Å²) in [5, 5.41) is 18.9. The minimum Gasteiger partial charge on any atom is -0.396 e. The summed E-state index contributed by atoms with van der Waals surface area (Å²) in [6.07, 6.45) is 5.50. The minimum atomic E-state index is -0.124. The maximum absolute atomic E-state index is 9.88. The average molecular weight is 199 g/mol. The molecule has 0 aromatic heterocycles. The predicted octanol–water partition coefficient (Wildman–Crippen LogP) is 0.604. The van der Waals surface area contributed by atoms with Crippen LogP contribution in [0.5, 0.6) is 0 Å². The van der Waals surface area contributed by atoms with Crippen LogP contribution in [0.3, 0.4) is 0 Å². The van der Waals surface area contributed by atoms with E-state index in [9.17, 15) is 5.11 Å². The number of nitrogens with zero attached hydrogens (tertiary/aromatic N) is 1. The first-order valence-electron chi connectivity index (χ1n) is 5.84. The van der Waals surface area contributed by atoms with Gasteiger partial charge in [0.05, 0.1) is 6.10 Å². The Labute approximate surface area is 85.7 Å². The van der Waals surface area contributed by atoms with E-state index in [1.165, 1.54) is 12.8 Å². The van der Waals surface area contributed by atoms with Gasteiger partial charge in [-0.05, 0) is 31.7 Å². The second-order valence-electron chi connectivity index (χ2n) is 4.75. The molecule has 0 aromatic carbocycles. The van der Waals surface area contributed by atoms with Gasteiger partial charge < -0.3 is 10.2 Å². The summed E-state index contributed by atoms with van der Waals surface area (Å²) >= 11 is 0. The summed E-state index contributed by atoms with van der Waals surface area (Å²) < 4.78 is 0. The fourth-order valence-electron chi connectivity index (χ4n) is 2.83. The molecule has 3 nitrogen and oxygen atoms in total. The molecule has 3 atom stereocenters. The average Bonchev–Trinajstić information content (AvgIpc) is 2.67. The zero-order valence-electron chi connectivity index (χ0n) is 8.73. The molecule has 1 unspecified atom stereocenters. The van der Waals surface area contributed by atoms with Crippen molar-refractivity contribution in [3.8, 4) is 0 Å². The molecule has 2 fully saturated rings. The number of hydrogen-bond donors (Lipinski definition) is 2. The number of aliphatic hydroxyl groups is 2. The third kappa shape index (κ3) is 2.10. The molecule has 1 aliphatic carbocycles. The monoisotopic (exact) mass is 199 g/mol. The van der Waals surface area contributed by atoms with E-state index in [-0.39, 0.29) is 6.10 Å². The van der Waals surface area contributed by atoms with Gasteiger partial charge in [-0.25, -0.2) is 0 Å². The summed E-state index contributed by atoms with van der Waals surface area (Å²) in [5.41, 5.74) is 0. The van der Waals surface area contributed by atoms with E-state index in [2.05, 4.69) is 4.90 Å². The van der Waals surface area contributed by atoms with Crippen LogP contribution in [-0.2, 0) is 0 Å². The SMILES string of the molecule is OCC1CCN([C@H]2CCCC[C@@H]2O)C1. The van der Waals surface area contributed by atoms with Crippen LogP contribution in [0.15, 0.2) is 0 Å². The predicted molar refractivity (Wildman–Crippen MR) is 55.0 cm³/mol. The molecule has 0 radical (unpaired) electrons. The van der Waals surface area contributed by atoms with Gasteiger partial charge in [0.15, 0.2) is 0 Å². The second kappa shape index (κ2) is 4.60. The third-order valence-electron chi connectivity index (χ3n) is 3.74. The Morgan fingerprint density at radius 1 is 1.14 bits per heavy atom. The van der Waals surface area contributed by atoms with Crippen LogP contribution >= 0.6 is 0 Å². The Balaban J connectivity index is 1.88. The van der Waals surface area contributed by atoms with Crippen molar-refractivity contribution in [3.63, 3.8) is 0 Å². The fourth-order valence-corrected chi connectivity index (χ4v) is 2.83. The summed E-state index contributed by atoms with van der Waals surface area (Å²) in [6, 6.07) is 0.375. The molecule has 2 N–H and O–H groups in total. The molecule has 82 valence electrons. The molecule has 1 saturated carbocycles. The number of rotatable bonds is 2. The Bertz CT molecular complexity index is 186. The topological polar surface area (TPSA) is 43.7 Å². The first-order valence-corrected chi connectivity index (χ1v) is 5.84. The molecule has 0 spiro atoms. The lowest BCUT2D eigenvalue weighted by Crippen LogP contribution is -2.44. The van der Waals surface area contributed by atoms with Gasteiger partial charge in [-0.15, -0.1) is 0 Å². The van der Waals surface area contributed by atoms with Crippen LogP contribution < -0.4 is 0 Å². The largest absolute Gasteiger partial charge is 0.396 e. The van der Waals surface area contributed by atoms with Gasteiger partial charge in [0.1, 0.15) is 0 Å². The van der Waals surface area contributed by atoms with E-state index >= 15 is 0 Å². The molecular weight excluding hydrogens is 178 g/mol. The smallest absolute Gasteiger partial charge is 0.0695 e. The standard InChI is InChI=1S/C11H21NO2/c13-8-9-5-6-12(7-9)10-3-1-2-4-11(10)14/h9-11,13-14H,1-8H2/t9?,10-,11-/m0/s1. The van der Waals surface area contributed by atoms with Crippen molar-refractivity contribution in [2.75, 3.05) is 19.7 Å². The Hall–Kier alpha value is -0.120. The molecule has 0 aromatic rings. The molecule has 14 heavy (non-hydrogen) atoms. The number of hydrogen-bond acceptors (Lipinski definition) is 3. The van der Waals surface area contributed by atoms with Gasteiger partial charge in [0.2, 0.25) is 0 Å². The Morgan fingerprint density at radius 2 is 1.93 bits per heavy atom. The van der Waals surface area contributed by atoms with Crippen molar-refractivity contribution in [2.45, 2.75) is 44.2 Å². The quantitative estimate of drug-likeness (QED) is 0.684. The third-order valence-corrected chi connectivity index (χ3v) is 3.74. The molecule has 0 bridgehead atoms. The van der Waals surface area contributed by atoms with Crippen molar-refractivity contribution >= 4 is 0 Å².